The average Bonchev–Trinajstić information content (AvgIpc) is 2.62. The van der Waals surface area contributed by atoms with Crippen LogP contribution in [-0.2, 0) is 4.79 Å². The van der Waals surface area contributed by atoms with E-state index in [-0.39, 0.29) is 36.4 Å². The number of carbonyl (C=O) groups is 1. The lowest BCUT2D eigenvalue weighted by Crippen LogP contribution is -2.35. The molecule has 0 saturated heterocycles. The molecule has 0 heterocycles. The van der Waals surface area contributed by atoms with Gasteiger partial charge in [0, 0.05) is 25.6 Å². The van der Waals surface area contributed by atoms with E-state index in [0.717, 1.165) is 5.56 Å². The van der Waals surface area contributed by atoms with Crippen molar-refractivity contribution in [1.82, 2.24) is 10.2 Å². The second-order valence-corrected chi connectivity index (χ2v) is 6.29. The molecule has 1 unspecified atom stereocenters. The first kappa shape index (κ1) is 20.3. The van der Waals surface area contributed by atoms with E-state index >= 15 is 0 Å². The maximum atomic E-state index is 13.4. The van der Waals surface area contributed by atoms with Crippen LogP contribution in [0.3, 0.4) is 0 Å². The van der Waals surface area contributed by atoms with Crippen molar-refractivity contribution in [3.63, 3.8) is 0 Å². The summed E-state index contributed by atoms with van der Waals surface area (Å²) in [5.74, 6) is -0.510. The van der Waals surface area contributed by atoms with Gasteiger partial charge in [-0.25, -0.2) is 4.39 Å². The van der Waals surface area contributed by atoms with Gasteiger partial charge in [0.1, 0.15) is 11.5 Å². The van der Waals surface area contributed by atoms with E-state index in [2.05, 4.69) is 10.6 Å². The molecule has 144 valence electrons. The number of hydrogen-bond donors (Lipinski definition) is 2. The van der Waals surface area contributed by atoms with Gasteiger partial charge in [-0.3, -0.25) is 14.9 Å². The highest BCUT2D eigenvalue weighted by atomic mass is 19.1. The quantitative estimate of drug-likeness (QED) is 0.520. The smallest absolute Gasteiger partial charge is 0.292 e. The van der Waals surface area contributed by atoms with Crippen molar-refractivity contribution < 1.29 is 14.1 Å². The van der Waals surface area contributed by atoms with Gasteiger partial charge in [0.25, 0.3) is 5.69 Å². The number of carbonyl (C=O) groups excluding carboxylic acids is 1. The van der Waals surface area contributed by atoms with Gasteiger partial charge >= 0.3 is 0 Å². The van der Waals surface area contributed by atoms with Gasteiger partial charge in [-0.1, -0.05) is 24.3 Å². The maximum absolute atomic E-state index is 13.4. The molecule has 0 saturated carbocycles. The molecule has 0 fully saturated rings. The number of nitrogens with zero attached hydrogens (tertiary/aromatic N) is 2. The monoisotopic (exact) mass is 374 g/mol. The Balaban J connectivity index is 1.86. The summed E-state index contributed by atoms with van der Waals surface area (Å²) in [6.07, 6.45) is 0.162. The van der Waals surface area contributed by atoms with Crippen LogP contribution in [0.1, 0.15) is 18.0 Å². The fourth-order valence-corrected chi connectivity index (χ4v) is 2.70. The lowest BCUT2D eigenvalue weighted by Gasteiger charge is -2.25. The third-order valence-electron chi connectivity index (χ3n) is 4.12. The van der Waals surface area contributed by atoms with Gasteiger partial charge in [-0.15, -0.1) is 0 Å². The average molecular weight is 374 g/mol. The van der Waals surface area contributed by atoms with Gasteiger partial charge in [0.05, 0.1) is 11.0 Å². The van der Waals surface area contributed by atoms with Crippen LogP contribution in [0.2, 0.25) is 0 Å². The van der Waals surface area contributed by atoms with Crippen molar-refractivity contribution in [2.45, 2.75) is 12.5 Å². The number of para-hydroxylation sites is 2. The van der Waals surface area contributed by atoms with Crippen molar-refractivity contribution in [1.29, 1.82) is 0 Å². The molecule has 2 rings (SSSR count). The van der Waals surface area contributed by atoms with Crippen molar-refractivity contribution in [2.24, 2.45) is 0 Å². The number of likely N-dealkylation sites (N-methyl/N-ethyl adjacent to an activating group) is 1. The Kier molecular flexibility index (Phi) is 7.25. The van der Waals surface area contributed by atoms with Crippen LogP contribution in [0.4, 0.5) is 15.8 Å². The molecular weight excluding hydrogens is 351 g/mol. The lowest BCUT2D eigenvalue weighted by atomic mass is 10.1. The number of anilines is 1. The van der Waals surface area contributed by atoms with Crippen LogP contribution in [0.15, 0.2) is 48.5 Å². The minimum atomic E-state index is -0.469. The number of benzene rings is 2. The molecule has 2 aromatic rings. The zero-order valence-corrected chi connectivity index (χ0v) is 15.3. The fourth-order valence-electron chi connectivity index (χ4n) is 2.70. The minimum absolute atomic E-state index is 0.0308. The van der Waals surface area contributed by atoms with Crippen molar-refractivity contribution in [2.75, 3.05) is 32.5 Å². The standard InChI is InChI=1S/C19H23FN4O3/c1-23(2)18(14-6-5-7-15(20)12-14)13-22-19(25)10-11-21-16-8-3-4-9-17(16)24(26)27/h3-9,12,18,21H,10-11,13H2,1-2H3,(H,22,25). The molecule has 7 nitrogen and oxygen atoms in total. The van der Waals surface area contributed by atoms with Crippen LogP contribution in [0, 0.1) is 15.9 Å². The highest BCUT2D eigenvalue weighted by Crippen LogP contribution is 2.23. The van der Waals surface area contributed by atoms with Crippen molar-refractivity contribution in [3.8, 4) is 0 Å². The molecule has 2 aromatic carbocycles. The largest absolute Gasteiger partial charge is 0.379 e. The van der Waals surface area contributed by atoms with E-state index in [4.69, 9.17) is 0 Å². The molecule has 0 radical (unpaired) electrons. The molecule has 2 N–H and O–H groups in total. The molecular formula is C19H23FN4O3. The lowest BCUT2D eigenvalue weighted by molar-refractivity contribution is -0.384. The molecule has 0 aliphatic carbocycles. The number of halogens is 1. The Morgan fingerprint density at radius 2 is 1.96 bits per heavy atom. The number of rotatable bonds is 9. The van der Waals surface area contributed by atoms with E-state index in [9.17, 15) is 19.3 Å². The van der Waals surface area contributed by atoms with E-state index in [0.29, 0.717) is 12.2 Å². The first-order valence-corrected chi connectivity index (χ1v) is 8.54. The van der Waals surface area contributed by atoms with E-state index in [1.165, 1.54) is 18.2 Å². The third-order valence-corrected chi connectivity index (χ3v) is 4.12. The number of nitro benzene ring substituents is 1. The molecule has 0 bridgehead atoms. The van der Waals surface area contributed by atoms with Gasteiger partial charge in [0.15, 0.2) is 0 Å². The zero-order valence-electron chi connectivity index (χ0n) is 15.3. The Hall–Kier alpha value is -3.00. The molecule has 1 amide bonds. The Labute approximate surface area is 157 Å². The predicted octanol–water partition coefficient (Wildman–Crippen LogP) is 2.96. The van der Waals surface area contributed by atoms with Crippen LogP contribution in [0.25, 0.3) is 0 Å². The van der Waals surface area contributed by atoms with Crippen molar-refractivity contribution in [3.05, 3.63) is 70.0 Å². The summed E-state index contributed by atoms with van der Waals surface area (Å²) < 4.78 is 13.4. The predicted molar refractivity (Wildman–Crippen MR) is 102 cm³/mol. The van der Waals surface area contributed by atoms with Gasteiger partial charge in [0.2, 0.25) is 5.91 Å². The first-order chi connectivity index (χ1) is 12.9. The van der Waals surface area contributed by atoms with Gasteiger partial charge in [-0.2, -0.15) is 0 Å². The summed E-state index contributed by atoms with van der Waals surface area (Å²) in [4.78, 5) is 24.5. The maximum Gasteiger partial charge on any atom is 0.292 e. The van der Waals surface area contributed by atoms with Gasteiger partial charge < -0.3 is 15.5 Å². The summed E-state index contributed by atoms with van der Waals surface area (Å²) in [5.41, 5.74) is 1.12. The summed E-state index contributed by atoms with van der Waals surface area (Å²) in [7, 11) is 3.72. The summed E-state index contributed by atoms with van der Waals surface area (Å²) in [6, 6.07) is 12.4. The second-order valence-electron chi connectivity index (χ2n) is 6.29. The highest BCUT2D eigenvalue weighted by Gasteiger charge is 2.16. The summed E-state index contributed by atoms with van der Waals surface area (Å²) in [6.45, 7) is 0.601. The van der Waals surface area contributed by atoms with Gasteiger partial charge in [-0.05, 0) is 37.9 Å². The summed E-state index contributed by atoms with van der Waals surface area (Å²) in [5, 5.41) is 16.7. The topological polar surface area (TPSA) is 87.5 Å². The molecule has 0 aliphatic rings. The molecule has 0 spiro atoms. The molecule has 0 aliphatic heterocycles. The van der Waals surface area contributed by atoms with E-state index in [1.54, 1.807) is 24.3 Å². The summed E-state index contributed by atoms with van der Waals surface area (Å²) >= 11 is 0. The normalized spacial score (nSPS) is 11.9. The molecule has 1 atom stereocenters. The highest BCUT2D eigenvalue weighted by molar-refractivity contribution is 5.76. The third kappa shape index (κ3) is 6.03. The zero-order chi connectivity index (χ0) is 19.8. The molecule has 27 heavy (non-hydrogen) atoms. The van der Waals surface area contributed by atoms with E-state index < -0.39 is 4.92 Å². The van der Waals surface area contributed by atoms with E-state index in [1.807, 2.05) is 25.1 Å². The number of amides is 1. The Morgan fingerprint density at radius 3 is 2.63 bits per heavy atom. The van der Waals surface area contributed by atoms with Crippen molar-refractivity contribution >= 4 is 17.3 Å². The number of nitrogens with one attached hydrogen (secondary N) is 2. The molecule has 0 aromatic heterocycles. The second kappa shape index (κ2) is 9.63. The number of nitro groups is 1. The Bertz CT molecular complexity index is 798. The van der Waals surface area contributed by atoms with Crippen LogP contribution >= 0.6 is 0 Å². The van der Waals surface area contributed by atoms with Crippen LogP contribution < -0.4 is 10.6 Å². The number of hydrogen-bond acceptors (Lipinski definition) is 5. The fraction of sp³-hybridized carbons (Fsp3) is 0.316. The van der Waals surface area contributed by atoms with Crippen LogP contribution in [-0.4, -0.2) is 42.9 Å². The SMILES string of the molecule is CN(C)C(CNC(=O)CCNc1ccccc1[N+](=O)[O-])c1cccc(F)c1. The Morgan fingerprint density at radius 1 is 1.22 bits per heavy atom. The molecule has 8 heteroatoms. The first-order valence-electron chi connectivity index (χ1n) is 8.54. The van der Waals surface area contributed by atoms with Crippen LogP contribution in [0.5, 0.6) is 0 Å². The minimum Gasteiger partial charge on any atom is -0.379 e.